The largest absolute Gasteiger partial charge is 0.391 e. The molecular formula is C16H21NO. The predicted molar refractivity (Wildman–Crippen MR) is 74.3 cm³/mol. The highest BCUT2D eigenvalue weighted by atomic mass is 16.3. The summed E-state index contributed by atoms with van der Waals surface area (Å²) < 4.78 is 0. The summed E-state index contributed by atoms with van der Waals surface area (Å²) in [6.07, 6.45) is 5.30. The fourth-order valence-electron chi connectivity index (χ4n) is 3.27. The first-order valence-corrected chi connectivity index (χ1v) is 6.95. The molecule has 2 N–H and O–H groups in total. The molecule has 2 nitrogen and oxygen atoms in total. The second-order valence-electron chi connectivity index (χ2n) is 5.54. The summed E-state index contributed by atoms with van der Waals surface area (Å²) in [6, 6.07) is 8.87. The minimum absolute atomic E-state index is 0.182. The molecule has 18 heavy (non-hydrogen) atoms. The lowest BCUT2D eigenvalue weighted by atomic mass is 9.82. The van der Waals surface area contributed by atoms with E-state index in [1.165, 1.54) is 16.7 Å². The van der Waals surface area contributed by atoms with Crippen LogP contribution in [0.5, 0.6) is 0 Å². The van der Waals surface area contributed by atoms with Crippen LogP contribution in [0.3, 0.4) is 0 Å². The molecule has 1 fully saturated rings. The van der Waals surface area contributed by atoms with Crippen molar-refractivity contribution in [1.29, 1.82) is 0 Å². The van der Waals surface area contributed by atoms with E-state index < -0.39 is 0 Å². The first kappa shape index (κ1) is 11.9. The molecule has 0 saturated carbocycles. The van der Waals surface area contributed by atoms with Crippen LogP contribution in [0.2, 0.25) is 0 Å². The maximum absolute atomic E-state index is 10.00. The molecule has 1 aromatic rings. The third-order valence-corrected chi connectivity index (χ3v) is 4.44. The van der Waals surface area contributed by atoms with Gasteiger partial charge in [-0.05, 0) is 42.9 Å². The van der Waals surface area contributed by atoms with Gasteiger partial charge in [-0.1, -0.05) is 42.8 Å². The highest BCUT2D eigenvalue weighted by Crippen LogP contribution is 2.31. The summed E-state index contributed by atoms with van der Waals surface area (Å²) >= 11 is 0. The van der Waals surface area contributed by atoms with Gasteiger partial charge in [-0.2, -0.15) is 0 Å². The SMILES string of the molecule is CC(C1=Cc2ccccc2CC1)C1NCCC1O. The molecule has 1 aromatic carbocycles. The molecule has 0 spiro atoms. The number of rotatable bonds is 2. The molecule has 0 amide bonds. The van der Waals surface area contributed by atoms with Gasteiger partial charge in [0.25, 0.3) is 0 Å². The summed E-state index contributed by atoms with van der Waals surface area (Å²) in [7, 11) is 0. The summed E-state index contributed by atoms with van der Waals surface area (Å²) in [6.45, 7) is 3.19. The van der Waals surface area contributed by atoms with Gasteiger partial charge in [0.15, 0.2) is 0 Å². The second-order valence-corrected chi connectivity index (χ2v) is 5.54. The molecule has 96 valence electrons. The molecule has 0 aromatic heterocycles. The van der Waals surface area contributed by atoms with Crippen molar-refractivity contribution in [2.24, 2.45) is 5.92 Å². The summed E-state index contributed by atoms with van der Waals surface area (Å²) in [5.41, 5.74) is 4.29. The molecule has 0 radical (unpaired) electrons. The van der Waals surface area contributed by atoms with E-state index in [1.807, 2.05) is 0 Å². The van der Waals surface area contributed by atoms with E-state index >= 15 is 0 Å². The smallest absolute Gasteiger partial charge is 0.0711 e. The van der Waals surface area contributed by atoms with Crippen molar-refractivity contribution in [3.05, 3.63) is 41.0 Å². The lowest BCUT2D eigenvalue weighted by Crippen LogP contribution is -2.37. The van der Waals surface area contributed by atoms with Gasteiger partial charge >= 0.3 is 0 Å². The van der Waals surface area contributed by atoms with Crippen LogP contribution < -0.4 is 5.32 Å². The van der Waals surface area contributed by atoms with Crippen LogP contribution in [-0.2, 0) is 6.42 Å². The lowest BCUT2D eigenvalue weighted by Gasteiger charge is -2.28. The standard InChI is InChI=1S/C16H21NO/c1-11(16-15(18)8-9-17-16)13-7-6-12-4-2-3-5-14(12)10-13/h2-5,10-11,15-18H,6-9H2,1H3. The van der Waals surface area contributed by atoms with Gasteiger partial charge in [-0.15, -0.1) is 0 Å². The molecule has 3 rings (SSSR count). The van der Waals surface area contributed by atoms with E-state index in [1.54, 1.807) is 0 Å². The van der Waals surface area contributed by atoms with Crippen LogP contribution in [0, 0.1) is 5.92 Å². The van der Waals surface area contributed by atoms with Gasteiger partial charge in [0, 0.05) is 6.04 Å². The first-order valence-electron chi connectivity index (χ1n) is 6.95. The molecular weight excluding hydrogens is 222 g/mol. The van der Waals surface area contributed by atoms with Gasteiger partial charge < -0.3 is 10.4 Å². The number of aryl methyl sites for hydroxylation is 1. The highest BCUT2D eigenvalue weighted by Gasteiger charge is 2.31. The van der Waals surface area contributed by atoms with Gasteiger partial charge in [0.05, 0.1) is 6.10 Å². The number of benzene rings is 1. The quantitative estimate of drug-likeness (QED) is 0.836. The van der Waals surface area contributed by atoms with Crippen LogP contribution in [0.1, 0.15) is 30.9 Å². The number of aliphatic hydroxyl groups is 1. The van der Waals surface area contributed by atoms with E-state index in [0.717, 1.165) is 25.8 Å². The van der Waals surface area contributed by atoms with Gasteiger partial charge in [0.1, 0.15) is 0 Å². The minimum Gasteiger partial charge on any atom is -0.391 e. The number of hydrogen-bond acceptors (Lipinski definition) is 2. The fourth-order valence-corrected chi connectivity index (χ4v) is 3.27. The van der Waals surface area contributed by atoms with Crippen LogP contribution in [0.4, 0.5) is 0 Å². The number of aliphatic hydroxyl groups excluding tert-OH is 1. The van der Waals surface area contributed by atoms with Crippen molar-refractivity contribution >= 4 is 6.08 Å². The monoisotopic (exact) mass is 243 g/mol. The summed E-state index contributed by atoms with van der Waals surface area (Å²) in [5, 5.41) is 13.4. The lowest BCUT2D eigenvalue weighted by molar-refractivity contribution is 0.142. The Kier molecular flexibility index (Phi) is 3.23. The molecule has 0 bridgehead atoms. The number of fused-ring (bicyclic) bond motifs is 1. The van der Waals surface area contributed by atoms with Gasteiger partial charge in [0.2, 0.25) is 0 Å². The van der Waals surface area contributed by atoms with Crippen LogP contribution >= 0.6 is 0 Å². The summed E-state index contributed by atoms with van der Waals surface area (Å²) in [5.74, 6) is 0.427. The molecule has 1 aliphatic heterocycles. The minimum atomic E-state index is -0.182. The summed E-state index contributed by atoms with van der Waals surface area (Å²) in [4.78, 5) is 0. The van der Waals surface area contributed by atoms with Gasteiger partial charge in [-0.25, -0.2) is 0 Å². The average Bonchev–Trinajstić information content (AvgIpc) is 2.83. The maximum atomic E-state index is 10.00. The zero-order valence-corrected chi connectivity index (χ0v) is 10.9. The predicted octanol–water partition coefficient (Wildman–Crippen LogP) is 2.38. The fraction of sp³-hybridized carbons (Fsp3) is 0.500. The zero-order chi connectivity index (χ0) is 12.5. The Balaban J connectivity index is 1.83. The van der Waals surface area contributed by atoms with Crippen molar-refractivity contribution in [3.8, 4) is 0 Å². The molecule has 1 saturated heterocycles. The molecule has 1 heterocycles. The third kappa shape index (κ3) is 2.11. The Labute approximate surface area is 109 Å². The molecule has 1 aliphatic carbocycles. The first-order chi connectivity index (χ1) is 8.75. The number of hydrogen-bond donors (Lipinski definition) is 2. The van der Waals surface area contributed by atoms with Gasteiger partial charge in [-0.3, -0.25) is 0 Å². The topological polar surface area (TPSA) is 32.3 Å². The van der Waals surface area contributed by atoms with Crippen LogP contribution in [0.15, 0.2) is 29.8 Å². The Morgan fingerprint density at radius 2 is 2.11 bits per heavy atom. The molecule has 3 unspecified atom stereocenters. The highest BCUT2D eigenvalue weighted by molar-refractivity contribution is 5.60. The van der Waals surface area contributed by atoms with Crippen molar-refractivity contribution in [2.75, 3.05) is 6.54 Å². The van der Waals surface area contributed by atoms with E-state index in [2.05, 4.69) is 42.6 Å². The normalized spacial score (nSPS) is 28.7. The third-order valence-electron chi connectivity index (χ3n) is 4.44. The van der Waals surface area contributed by atoms with Crippen molar-refractivity contribution < 1.29 is 5.11 Å². The van der Waals surface area contributed by atoms with Crippen LogP contribution in [-0.4, -0.2) is 23.8 Å². The molecule has 2 heteroatoms. The Morgan fingerprint density at radius 1 is 1.28 bits per heavy atom. The van der Waals surface area contributed by atoms with Crippen molar-refractivity contribution in [3.63, 3.8) is 0 Å². The van der Waals surface area contributed by atoms with E-state index in [4.69, 9.17) is 0 Å². The van der Waals surface area contributed by atoms with Crippen molar-refractivity contribution in [1.82, 2.24) is 5.32 Å². The zero-order valence-electron chi connectivity index (χ0n) is 10.9. The Morgan fingerprint density at radius 3 is 2.89 bits per heavy atom. The average molecular weight is 243 g/mol. The van der Waals surface area contributed by atoms with E-state index in [-0.39, 0.29) is 12.1 Å². The van der Waals surface area contributed by atoms with Crippen LogP contribution in [0.25, 0.3) is 6.08 Å². The Hall–Kier alpha value is -1.12. The van der Waals surface area contributed by atoms with Crippen molar-refractivity contribution in [2.45, 2.75) is 38.3 Å². The van der Waals surface area contributed by atoms with E-state index in [0.29, 0.717) is 5.92 Å². The molecule has 3 atom stereocenters. The second kappa shape index (κ2) is 4.87. The molecule has 2 aliphatic rings. The number of nitrogens with one attached hydrogen (secondary N) is 1. The van der Waals surface area contributed by atoms with E-state index in [9.17, 15) is 5.11 Å². The maximum Gasteiger partial charge on any atom is 0.0711 e. The Bertz CT molecular complexity index is 466.